The third-order valence-electron chi connectivity index (χ3n) is 5.20. The molecular weight excluding hydrogens is 412 g/mol. The third-order valence-corrected chi connectivity index (χ3v) is 5.45. The Morgan fingerprint density at radius 3 is 2.50 bits per heavy atom. The number of aryl methyl sites for hydroxylation is 1. The lowest BCUT2D eigenvalue weighted by molar-refractivity contribution is 0.0596. The van der Waals surface area contributed by atoms with Crippen LogP contribution in [0.5, 0.6) is 5.75 Å². The van der Waals surface area contributed by atoms with E-state index in [1.165, 1.54) is 23.0 Å². The topological polar surface area (TPSA) is 47.4 Å². The highest BCUT2D eigenvalue weighted by atomic mass is 35.5. The van der Waals surface area contributed by atoms with E-state index in [0.717, 1.165) is 11.8 Å². The standard InChI is InChI=1S/C22H20ClF2N3O2/c1-27-21(18-7-4-15(24)12-20(18)25)19(13-26-27)22(29)28-10-8-17(9-11-28)30-16-5-2-14(23)3-6-16/h2-7,12-13,17H,8-11H2,1H3. The first kappa shape index (κ1) is 20.3. The minimum atomic E-state index is -0.734. The van der Waals surface area contributed by atoms with E-state index in [1.807, 2.05) is 12.1 Å². The van der Waals surface area contributed by atoms with Crippen LogP contribution in [-0.4, -0.2) is 39.8 Å². The van der Waals surface area contributed by atoms with Gasteiger partial charge in [-0.15, -0.1) is 0 Å². The first-order valence-corrected chi connectivity index (χ1v) is 9.99. The van der Waals surface area contributed by atoms with Crippen molar-refractivity contribution < 1.29 is 18.3 Å². The van der Waals surface area contributed by atoms with Gasteiger partial charge < -0.3 is 9.64 Å². The van der Waals surface area contributed by atoms with Gasteiger partial charge in [-0.2, -0.15) is 5.10 Å². The van der Waals surface area contributed by atoms with Gasteiger partial charge in [-0.25, -0.2) is 8.78 Å². The van der Waals surface area contributed by atoms with E-state index in [2.05, 4.69) is 5.10 Å². The number of carbonyl (C=O) groups is 1. The lowest BCUT2D eigenvalue weighted by atomic mass is 10.0. The Kier molecular flexibility index (Phi) is 5.72. The monoisotopic (exact) mass is 431 g/mol. The van der Waals surface area contributed by atoms with Crippen molar-refractivity contribution in [3.05, 3.63) is 70.9 Å². The number of halogens is 3. The predicted molar refractivity (Wildman–Crippen MR) is 110 cm³/mol. The zero-order valence-corrected chi connectivity index (χ0v) is 17.1. The largest absolute Gasteiger partial charge is 0.490 e. The summed E-state index contributed by atoms with van der Waals surface area (Å²) in [4.78, 5) is 14.8. The van der Waals surface area contributed by atoms with Gasteiger partial charge in [0.25, 0.3) is 5.91 Å². The lowest BCUT2D eigenvalue weighted by Crippen LogP contribution is -2.41. The quantitative estimate of drug-likeness (QED) is 0.601. The maximum Gasteiger partial charge on any atom is 0.257 e. The van der Waals surface area contributed by atoms with Gasteiger partial charge >= 0.3 is 0 Å². The molecule has 30 heavy (non-hydrogen) atoms. The minimum absolute atomic E-state index is 0.00172. The molecule has 0 aliphatic carbocycles. The van der Waals surface area contributed by atoms with E-state index < -0.39 is 11.6 Å². The number of ether oxygens (including phenoxy) is 1. The second-order valence-electron chi connectivity index (χ2n) is 7.22. The van der Waals surface area contributed by atoms with Gasteiger partial charge in [-0.1, -0.05) is 11.6 Å². The average Bonchev–Trinajstić information content (AvgIpc) is 3.11. The van der Waals surface area contributed by atoms with Gasteiger partial charge in [0.1, 0.15) is 23.5 Å². The Hall–Kier alpha value is -2.93. The summed E-state index contributed by atoms with van der Waals surface area (Å²) in [7, 11) is 1.63. The summed E-state index contributed by atoms with van der Waals surface area (Å²) in [5.41, 5.74) is 0.762. The van der Waals surface area contributed by atoms with Gasteiger partial charge in [-0.05, 0) is 36.4 Å². The van der Waals surface area contributed by atoms with Crippen molar-refractivity contribution in [2.45, 2.75) is 18.9 Å². The van der Waals surface area contributed by atoms with Crippen LogP contribution in [0, 0.1) is 11.6 Å². The fourth-order valence-corrected chi connectivity index (χ4v) is 3.77. The molecule has 0 N–H and O–H groups in total. The number of carbonyl (C=O) groups excluding carboxylic acids is 1. The van der Waals surface area contributed by atoms with Crippen LogP contribution >= 0.6 is 11.6 Å². The molecular formula is C22H20ClF2N3O2. The Labute approximate surface area is 177 Å². The number of amides is 1. The fourth-order valence-electron chi connectivity index (χ4n) is 3.65. The molecule has 0 spiro atoms. The normalized spacial score (nSPS) is 14.7. The molecule has 1 amide bonds. The molecule has 1 aliphatic heterocycles. The number of piperidine rings is 1. The average molecular weight is 432 g/mol. The second kappa shape index (κ2) is 8.44. The molecule has 1 aromatic heterocycles. The minimum Gasteiger partial charge on any atom is -0.490 e. The van der Waals surface area contributed by atoms with Crippen LogP contribution in [0.4, 0.5) is 8.78 Å². The van der Waals surface area contributed by atoms with Crippen molar-refractivity contribution in [3.63, 3.8) is 0 Å². The van der Waals surface area contributed by atoms with E-state index >= 15 is 0 Å². The molecule has 2 heterocycles. The highest BCUT2D eigenvalue weighted by Gasteiger charge is 2.28. The van der Waals surface area contributed by atoms with Crippen LogP contribution in [0.2, 0.25) is 5.02 Å². The highest BCUT2D eigenvalue weighted by Crippen LogP contribution is 2.29. The maximum atomic E-state index is 14.3. The third kappa shape index (κ3) is 4.16. The summed E-state index contributed by atoms with van der Waals surface area (Å²) in [5.74, 6) is -0.894. The molecule has 3 aromatic rings. The number of nitrogens with zero attached hydrogens (tertiary/aromatic N) is 3. The summed E-state index contributed by atoms with van der Waals surface area (Å²) in [6, 6.07) is 10.5. The van der Waals surface area contributed by atoms with Crippen molar-refractivity contribution in [1.29, 1.82) is 0 Å². The Morgan fingerprint density at radius 1 is 1.13 bits per heavy atom. The first-order chi connectivity index (χ1) is 14.4. The first-order valence-electron chi connectivity index (χ1n) is 9.61. The molecule has 1 fully saturated rings. The number of hydrogen-bond donors (Lipinski definition) is 0. The zero-order valence-electron chi connectivity index (χ0n) is 16.3. The van der Waals surface area contributed by atoms with Gasteiger partial charge in [0.2, 0.25) is 0 Å². The number of likely N-dealkylation sites (tertiary alicyclic amines) is 1. The van der Waals surface area contributed by atoms with E-state index in [-0.39, 0.29) is 17.6 Å². The Morgan fingerprint density at radius 2 is 1.83 bits per heavy atom. The van der Waals surface area contributed by atoms with Crippen molar-refractivity contribution in [2.75, 3.05) is 13.1 Å². The summed E-state index contributed by atoms with van der Waals surface area (Å²) in [6.45, 7) is 1.02. The molecule has 156 valence electrons. The van der Waals surface area contributed by atoms with Gasteiger partial charge in [-0.3, -0.25) is 9.48 Å². The smallest absolute Gasteiger partial charge is 0.257 e. The molecule has 0 unspecified atom stereocenters. The number of aromatic nitrogens is 2. The predicted octanol–water partition coefficient (Wildman–Crippen LogP) is 4.70. The molecule has 1 saturated heterocycles. The molecule has 0 saturated carbocycles. The Balaban J connectivity index is 1.47. The van der Waals surface area contributed by atoms with E-state index in [4.69, 9.17) is 16.3 Å². The van der Waals surface area contributed by atoms with Crippen LogP contribution in [0.15, 0.2) is 48.7 Å². The number of hydrogen-bond acceptors (Lipinski definition) is 3. The van der Waals surface area contributed by atoms with Crippen LogP contribution in [0.3, 0.4) is 0 Å². The van der Waals surface area contributed by atoms with Crippen LogP contribution in [-0.2, 0) is 7.05 Å². The highest BCUT2D eigenvalue weighted by molar-refractivity contribution is 6.30. The van der Waals surface area contributed by atoms with E-state index in [0.29, 0.717) is 42.2 Å². The number of rotatable bonds is 4. The molecule has 4 rings (SSSR count). The SMILES string of the molecule is Cn1ncc(C(=O)N2CCC(Oc3ccc(Cl)cc3)CC2)c1-c1ccc(F)cc1F. The van der Waals surface area contributed by atoms with Crippen molar-refractivity contribution in [3.8, 4) is 17.0 Å². The molecule has 8 heteroatoms. The van der Waals surface area contributed by atoms with Crippen molar-refractivity contribution in [1.82, 2.24) is 14.7 Å². The van der Waals surface area contributed by atoms with Gasteiger partial charge in [0.15, 0.2) is 0 Å². The van der Waals surface area contributed by atoms with Gasteiger partial charge in [0.05, 0.1) is 17.5 Å². The summed E-state index contributed by atoms with van der Waals surface area (Å²) in [6.07, 6.45) is 2.78. The molecule has 5 nitrogen and oxygen atoms in total. The van der Waals surface area contributed by atoms with Gasteiger partial charge in [0, 0.05) is 49.6 Å². The van der Waals surface area contributed by atoms with Crippen LogP contribution < -0.4 is 4.74 Å². The Bertz CT molecular complexity index is 1060. The zero-order chi connectivity index (χ0) is 21.3. The van der Waals surface area contributed by atoms with Crippen LogP contribution in [0.1, 0.15) is 23.2 Å². The van der Waals surface area contributed by atoms with Crippen molar-refractivity contribution in [2.24, 2.45) is 7.05 Å². The van der Waals surface area contributed by atoms with E-state index in [1.54, 1.807) is 24.1 Å². The van der Waals surface area contributed by atoms with Crippen LogP contribution in [0.25, 0.3) is 11.3 Å². The molecule has 0 bridgehead atoms. The summed E-state index contributed by atoms with van der Waals surface area (Å²) in [5, 5.41) is 4.77. The fraction of sp³-hybridized carbons (Fsp3) is 0.273. The molecule has 0 atom stereocenters. The van der Waals surface area contributed by atoms with E-state index in [9.17, 15) is 13.6 Å². The van der Waals surface area contributed by atoms with Crippen molar-refractivity contribution >= 4 is 17.5 Å². The number of benzene rings is 2. The summed E-state index contributed by atoms with van der Waals surface area (Å²) < 4.78 is 35.0. The maximum absolute atomic E-state index is 14.3. The molecule has 0 radical (unpaired) electrons. The molecule has 2 aromatic carbocycles. The summed E-state index contributed by atoms with van der Waals surface area (Å²) >= 11 is 5.89. The lowest BCUT2D eigenvalue weighted by Gasteiger charge is -2.32. The second-order valence-corrected chi connectivity index (χ2v) is 7.65. The molecule has 1 aliphatic rings.